The Balaban J connectivity index is 1.45. The van der Waals surface area contributed by atoms with E-state index in [0.29, 0.717) is 6.54 Å². The van der Waals surface area contributed by atoms with E-state index < -0.39 is 9.84 Å². The van der Waals surface area contributed by atoms with Crippen molar-refractivity contribution in [3.8, 4) is 0 Å². The Hall–Kier alpha value is -2.16. The molecule has 0 bridgehead atoms. The highest BCUT2D eigenvalue weighted by Gasteiger charge is 2.18. The number of benzene rings is 1. The lowest BCUT2D eigenvalue weighted by molar-refractivity contribution is -0.908. The first-order valence-corrected chi connectivity index (χ1v) is 11.8. The fourth-order valence-corrected chi connectivity index (χ4v) is 4.82. The zero-order valence-electron chi connectivity index (χ0n) is 16.8. The van der Waals surface area contributed by atoms with Gasteiger partial charge in [-0.2, -0.15) is 0 Å². The van der Waals surface area contributed by atoms with Gasteiger partial charge in [0.15, 0.2) is 15.6 Å². The summed E-state index contributed by atoms with van der Waals surface area (Å²) in [6, 6.07) is 10.5. The van der Waals surface area contributed by atoms with Crippen molar-refractivity contribution in [3.63, 3.8) is 0 Å². The second kappa shape index (κ2) is 10.0. The number of carbonyl (C=O) groups excluding carboxylic acids is 1. The Morgan fingerprint density at radius 1 is 1.14 bits per heavy atom. The molecule has 2 aromatic rings. The number of hydrogen-bond donors (Lipinski definition) is 2. The number of morpholine rings is 1. The predicted molar refractivity (Wildman–Crippen MR) is 110 cm³/mol. The van der Waals surface area contributed by atoms with Crippen LogP contribution in [0.25, 0.3) is 0 Å². The molecule has 3 rings (SSSR count). The first-order chi connectivity index (χ1) is 13.9. The van der Waals surface area contributed by atoms with E-state index >= 15 is 0 Å². The van der Waals surface area contributed by atoms with Crippen LogP contribution < -0.4 is 10.2 Å². The van der Waals surface area contributed by atoms with Crippen molar-refractivity contribution in [2.45, 2.75) is 24.9 Å². The van der Waals surface area contributed by atoms with Crippen LogP contribution in [0.1, 0.15) is 33.9 Å². The van der Waals surface area contributed by atoms with Gasteiger partial charge in [0.1, 0.15) is 24.6 Å². The zero-order valence-corrected chi connectivity index (χ0v) is 17.6. The van der Waals surface area contributed by atoms with E-state index in [1.165, 1.54) is 11.0 Å². The molecule has 7 nitrogen and oxygen atoms in total. The first kappa shape index (κ1) is 21.5. The van der Waals surface area contributed by atoms with Crippen molar-refractivity contribution in [3.05, 3.63) is 59.0 Å². The Bertz CT molecular complexity index is 917. The molecule has 2 N–H and O–H groups in total. The van der Waals surface area contributed by atoms with Crippen LogP contribution in [-0.2, 0) is 26.1 Å². The standard InChI is InChI=1S/C21H28N2O5S/c1-17-4-2-5-18(14-17)15-29(25,26)16-19-6-7-20(28-19)21(24)22-8-3-9-23-10-12-27-13-11-23/h2,4-7,14H,3,8-13,15-16H2,1H3,(H,22,24)/p+1. The number of rotatable bonds is 9. The van der Waals surface area contributed by atoms with E-state index in [4.69, 9.17) is 9.15 Å². The molecular weight excluding hydrogens is 392 g/mol. The summed E-state index contributed by atoms with van der Waals surface area (Å²) < 4.78 is 35.7. The van der Waals surface area contributed by atoms with Crippen LogP contribution >= 0.6 is 0 Å². The van der Waals surface area contributed by atoms with Crippen LogP contribution in [-0.4, -0.2) is 53.7 Å². The average molecular weight is 422 g/mol. The fourth-order valence-electron chi connectivity index (χ4n) is 3.44. The van der Waals surface area contributed by atoms with Crippen LogP contribution in [0.5, 0.6) is 0 Å². The molecule has 2 heterocycles. The van der Waals surface area contributed by atoms with Crippen molar-refractivity contribution < 1.29 is 27.3 Å². The molecule has 0 unspecified atom stereocenters. The molecule has 0 spiro atoms. The van der Waals surface area contributed by atoms with Gasteiger partial charge < -0.3 is 19.4 Å². The van der Waals surface area contributed by atoms with Gasteiger partial charge >= 0.3 is 0 Å². The SMILES string of the molecule is Cc1cccc(CS(=O)(=O)Cc2ccc(C(=O)NCCC[NH+]3CCOCC3)o2)c1. The van der Waals surface area contributed by atoms with E-state index in [-0.39, 0.29) is 28.9 Å². The Kier molecular flexibility index (Phi) is 7.46. The maximum Gasteiger partial charge on any atom is 0.286 e. The van der Waals surface area contributed by atoms with Crippen LogP contribution in [0.15, 0.2) is 40.8 Å². The number of quaternary nitrogens is 1. The Morgan fingerprint density at radius 2 is 1.93 bits per heavy atom. The molecule has 1 fully saturated rings. The molecule has 1 aromatic carbocycles. The molecule has 0 saturated carbocycles. The van der Waals surface area contributed by atoms with E-state index in [1.807, 2.05) is 25.1 Å². The highest BCUT2D eigenvalue weighted by molar-refractivity contribution is 7.89. The number of carbonyl (C=O) groups is 1. The number of ether oxygens (including phenoxy) is 1. The van der Waals surface area contributed by atoms with Gasteiger partial charge in [-0.3, -0.25) is 4.79 Å². The summed E-state index contributed by atoms with van der Waals surface area (Å²) in [6.07, 6.45) is 0.875. The van der Waals surface area contributed by atoms with Crippen LogP contribution in [0.4, 0.5) is 0 Å². The monoisotopic (exact) mass is 421 g/mol. The molecule has 1 aromatic heterocycles. The molecule has 0 atom stereocenters. The minimum absolute atomic E-state index is 0.0548. The molecule has 8 heteroatoms. The lowest BCUT2D eigenvalue weighted by atomic mass is 10.2. The van der Waals surface area contributed by atoms with E-state index in [2.05, 4.69) is 5.32 Å². The van der Waals surface area contributed by atoms with Gasteiger partial charge in [-0.05, 0) is 24.6 Å². The molecule has 0 aliphatic carbocycles. The van der Waals surface area contributed by atoms with Crippen molar-refractivity contribution in [1.29, 1.82) is 0 Å². The average Bonchev–Trinajstić information content (AvgIpc) is 3.13. The van der Waals surface area contributed by atoms with Crippen molar-refractivity contribution in [2.75, 3.05) is 39.4 Å². The number of furan rings is 1. The van der Waals surface area contributed by atoms with Gasteiger partial charge in [0.25, 0.3) is 5.91 Å². The lowest BCUT2D eigenvalue weighted by Crippen LogP contribution is -3.14. The van der Waals surface area contributed by atoms with E-state index in [0.717, 1.165) is 50.4 Å². The van der Waals surface area contributed by atoms with E-state index in [1.54, 1.807) is 12.1 Å². The third-order valence-electron chi connectivity index (χ3n) is 4.91. The normalized spacial score (nSPS) is 15.3. The maximum absolute atomic E-state index is 12.4. The Morgan fingerprint density at radius 3 is 2.69 bits per heavy atom. The smallest absolute Gasteiger partial charge is 0.286 e. The van der Waals surface area contributed by atoms with E-state index in [9.17, 15) is 13.2 Å². The highest BCUT2D eigenvalue weighted by atomic mass is 32.2. The van der Waals surface area contributed by atoms with Gasteiger partial charge in [0, 0.05) is 13.0 Å². The van der Waals surface area contributed by atoms with Crippen molar-refractivity contribution in [1.82, 2.24) is 5.32 Å². The van der Waals surface area contributed by atoms with Gasteiger partial charge in [-0.1, -0.05) is 29.8 Å². The highest BCUT2D eigenvalue weighted by Crippen LogP contribution is 2.16. The molecule has 1 aliphatic rings. The van der Waals surface area contributed by atoms with Gasteiger partial charge in [-0.25, -0.2) is 8.42 Å². The topological polar surface area (TPSA) is 90.1 Å². The van der Waals surface area contributed by atoms with Crippen LogP contribution in [0.3, 0.4) is 0 Å². The third-order valence-corrected chi connectivity index (χ3v) is 6.41. The molecule has 1 aliphatic heterocycles. The molecule has 1 saturated heterocycles. The molecule has 1 amide bonds. The zero-order chi connectivity index (χ0) is 20.7. The summed E-state index contributed by atoms with van der Waals surface area (Å²) in [5.41, 5.74) is 1.77. The van der Waals surface area contributed by atoms with Gasteiger partial charge in [0.05, 0.1) is 25.5 Å². The minimum Gasteiger partial charge on any atom is -0.455 e. The summed E-state index contributed by atoms with van der Waals surface area (Å²) in [6.45, 7) is 7.08. The quantitative estimate of drug-likeness (QED) is 0.583. The van der Waals surface area contributed by atoms with Crippen molar-refractivity contribution in [2.24, 2.45) is 0 Å². The summed E-state index contributed by atoms with van der Waals surface area (Å²) in [4.78, 5) is 13.7. The third kappa shape index (κ3) is 6.99. The number of amides is 1. The second-order valence-corrected chi connectivity index (χ2v) is 9.57. The molecule has 0 radical (unpaired) electrons. The van der Waals surface area contributed by atoms with Gasteiger partial charge in [0.2, 0.25) is 0 Å². The number of sulfone groups is 1. The largest absolute Gasteiger partial charge is 0.455 e. The minimum atomic E-state index is -3.39. The predicted octanol–water partition coefficient (Wildman–Crippen LogP) is 0.738. The summed E-state index contributed by atoms with van der Waals surface area (Å²) in [7, 11) is -3.39. The maximum atomic E-state index is 12.4. The summed E-state index contributed by atoms with van der Waals surface area (Å²) in [5, 5.41) is 2.83. The molecular formula is C21H29N2O5S+. The summed E-state index contributed by atoms with van der Waals surface area (Å²) in [5.74, 6) is -0.176. The lowest BCUT2D eigenvalue weighted by Gasteiger charge is -2.23. The van der Waals surface area contributed by atoms with Crippen LogP contribution in [0.2, 0.25) is 0 Å². The molecule has 158 valence electrons. The molecule has 29 heavy (non-hydrogen) atoms. The fraction of sp³-hybridized carbons (Fsp3) is 0.476. The number of aryl methyl sites for hydroxylation is 1. The summed E-state index contributed by atoms with van der Waals surface area (Å²) >= 11 is 0. The number of hydrogen-bond acceptors (Lipinski definition) is 5. The van der Waals surface area contributed by atoms with Crippen molar-refractivity contribution >= 4 is 15.7 Å². The van der Waals surface area contributed by atoms with Crippen LogP contribution in [0, 0.1) is 6.92 Å². The number of nitrogens with one attached hydrogen (secondary N) is 2. The van der Waals surface area contributed by atoms with Gasteiger partial charge in [-0.15, -0.1) is 0 Å². The first-order valence-electron chi connectivity index (χ1n) is 9.95. The second-order valence-electron chi connectivity index (χ2n) is 7.51. The Labute approximate surface area is 172 Å².